The Morgan fingerprint density at radius 2 is 1.66 bits per heavy atom. The molecule has 1 amide bonds. The van der Waals surface area contributed by atoms with E-state index in [0.29, 0.717) is 55.4 Å². The zero-order valence-electron chi connectivity index (χ0n) is 17.4. The highest BCUT2D eigenvalue weighted by Crippen LogP contribution is 2.34. The van der Waals surface area contributed by atoms with Crippen molar-refractivity contribution in [3.63, 3.8) is 0 Å². The van der Waals surface area contributed by atoms with Crippen molar-refractivity contribution in [2.75, 3.05) is 26.2 Å². The van der Waals surface area contributed by atoms with E-state index in [9.17, 15) is 18.0 Å². The smallest absolute Gasteiger partial charge is 0.359 e. The van der Waals surface area contributed by atoms with E-state index in [4.69, 9.17) is 0 Å². The number of carbonyl (C=O) groups excluding carboxylic acids is 1. The first kappa shape index (κ1) is 20.7. The normalized spacial score (nSPS) is 25.6. The summed E-state index contributed by atoms with van der Waals surface area (Å²) >= 11 is 0. The lowest BCUT2D eigenvalue weighted by atomic mass is 10.0. The summed E-state index contributed by atoms with van der Waals surface area (Å²) < 4.78 is 39.5. The van der Waals surface area contributed by atoms with Crippen molar-refractivity contribution in [2.24, 2.45) is 21.8 Å². The molecule has 0 saturated carbocycles. The lowest BCUT2D eigenvalue weighted by Gasteiger charge is -2.28. The highest BCUT2D eigenvalue weighted by atomic mass is 19.4. The Hall–Kier alpha value is -3.24. The van der Waals surface area contributed by atoms with Gasteiger partial charge in [-0.3, -0.25) is 9.79 Å². The van der Waals surface area contributed by atoms with Gasteiger partial charge in [0.2, 0.25) is 6.17 Å². The zero-order chi connectivity index (χ0) is 22.5. The number of aromatic nitrogens is 3. The molecule has 4 heterocycles. The second-order valence-corrected chi connectivity index (χ2v) is 8.47. The van der Waals surface area contributed by atoms with Crippen LogP contribution in [0.15, 0.2) is 46.6 Å². The number of alkyl halides is 3. The molecule has 0 aliphatic carbocycles. The lowest BCUT2D eigenvalue weighted by molar-refractivity contribution is -0.145. The number of hydrogen-bond donors (Lipinski definition) is 0. The number of carbonyl (C=O) groups is 1. The average Bonchev–Trinajstić information content (AvgIpc) is 3.48. The van der Waals surface area contributed by atoms with Crippen LogP contribution in [0.4, 0.5) is 13.2 Å². The molecule has 3 unspecified atom stereocenters. The number of amides is 1. The number of nitrogens with zero attached hydrogens (tertiary/aromatic N) is 7. The topological polar surface area (TPSA) is 79.0 Å². The molecule has 2 aromatic rings. The van der Waals surface area contributed by atoms with Crippen molar-refractivity contribution in [3.05, 3.63) is 42.2 Å². The number of rotatable bonds is 2. The Kier molecular flexibility index (Phi) is 4.98. The third-order valence-corrected chi connectivity index (χ3v) is 6.23. The van der Waals surface area contributed by atoms with Gasteiger partial charge in [0.15, 0.2) is 0 Å². The van der Waals surface area contributed by atoms with Crippen molar-refractivity contribution in [3.8, 4) is 5.69 Å². The Labute approximate surface area is 182 Å². The standard InChI is InChI=1S/C21H22F3N7O/c1-13-8-18(28-20(27-13)21(22,23)24)29-9-14-11-30(12-15(14)10-29)19(32)16-4-2-3-5-17(16)31-25-6-7-26-31/h2-7,14-15,20H,8-12H2,1H3. The van der Waals surface area contributed by atoms with Crippen LogP contribution >= 0.6 is 0 Å². The largest absolute Gasteiger partial charge is 0.431 e. The van der Waals surface area contributed by atoms with Gasteiger partial charge in [-0.25, -0.2) is 4.99 Å². The molecule has 3 aliphatic rings. The Balaban J connectivity index is 1.28. The second-order valence-electron chi connectivity index (χ2n) is 8.47. The summed E-state index contributed by atoms with van der Waals surface area (Å²) in [6, 6.07) is 7.20. The summed E-state index contributed by atoms with van der Waals surface area (Å²) in [6.45, 7) is 3.91. The predicted molar refractivity (Wildman–Crippen MR) is 111 cm³/mol. The minimum atomic E-state index is -4.48. The fraction of sp³-hybridized carbons (Fsp3) is 0.476. The summed E-state index contributed by atoms with van der Waals surface area (Å²) in [5.41, 5.74) is 1.58. The van der Waals surface area contributed by atoms with E-state index >= 15 is 0 Å². The van der Waals surface area contributed by atoms with Gasteiger partial charge in [0.25, 0.3) is 5.91 Å². The van der Waals surface area contributed by atoms with Crippen LogP contribution in [0.1, 0.15) is 23.7 Å². The summed E-state index contributed by atoms with van der Waals surface area (Å²) in [5.74, 6) is 0.747. The maximum absolute atomic E-state index is 13.3. The number of amidine groups is 1. The molecule has 3 aliphatic heterocycles. The molecule has 3 atom stereocenters. The van der Waals surface area contributed by atoms with Gasteiger partial charge in [0, 0.05) is 50.1 Å². The first-order valence-electron chi connectivity index (χ1n) is 10.5. The Morgan fingerprint density at radius 3 is 2.31 bits per heavy atom. The number of likely N-dealkylation sites (tertiary alicyclic amines) is 2. The van der Waals surface area contributed by atoms with E-state index < -0.39 is 12.3 Å². The van der Waals surface area contributed by atoms with E-state index in [1.165, 1.54) is 4.80 Å². The molecule has 0 N–H and O–H groups in total. The number of para-hydroxylation sites is 1. The molecule has 32 heavy (non-hydrogen) atoms. The molecule has 2 fully saturated rings. The molecule has 11 heteroatoms. The molecule has 5 rings (SSSR count). The summed E-state index contributed by atoms with van der Waals surface area (Å²) in [5, 5.41) is 8.26. The van der Waals surface area contributed by atoms with Crippen LogP contribution in [-0.2, 0) is 0 Å². The Morgan fingerprint density at radius 1 is 1.00 bits per heavy atom. The van der Waals surface area contributed by atoms with E-state index in [2.05, 4.69) is 20.2 Å². The minimum Gasteiger partial charge on any atom is -0.359 e. The average molecular weight is 445 g/mol. The summed E-state index contributed by atoms with van der Waals surface area (Å²) in [6.07, 6.45) is -3.06. The molecule has 2 saturated heterocycles. The van der Waals surface area contributed by atoms with Crippen molar-refractivity contribution in [1.29, 1.82) is 0 Å². The maximum Gasteiger partial charge on any atom is 0.431 e. The van der Waals surface area contributed by atoms with Gasteiger partial charge in [0.1, 0.15) is 5.84 Å². The second kappa shape index (κ2) is 7.72. The van der Waals surface area contributed by atoms with E-state index in [-0.39, 0.29) is 17.7 Å². The van der Waals surface area contributed by atoms with Gasteiger partial charge < -0.3 is 9.80 Å². The predicted octanol–water partition coefficient (Wildman–Crippen LogP) is 2.42. The van der Waals surface area contributed by atoms with Crippen LogP contribution in [0.25, 0.3) is 5.69 Å². The van der Waals surface area contributed by atoms with Crippen molar-refractivity contribution in [1.82, 2.24) is 24.8 Å². The highest BCUT2D eigenvalue weighted by Gasteiger charge is 2.45. The van der Waals surface area contributed by atoms with E-state index in [1.54, 1.807) is 37.5 Å². The van der Waals surface area contributed by atoms with E-state index in [0.717, 1.165) is 0 Å². The summed E-state index contributed by atoms with van der Waals surface area (Å²) in [7, 11) is 0. The Bertz CT molecular complexity index is 1070. The SMILES string of the molecule is CC1=NC(C(F)(F)F)N=C(N2CC3CN(C(=O)c4ccccc4-n4nccn4)CC3C2)C1. The minimum absolute atomic E-state index is 0.0889. The van der Waals surface area contributed by atoms with Gasteiger partial charge in [0.05, 0.1) is 23.6 Å². The van der Waals surface area contributed by atoms with Gasteiger partial charge in [-0.15, -0.1) is 0 Å². The number of benzene rings is 1. The first-order chi connectivity index (χ1) is 15.3. The number of hydrogen-bond acceptors (Lipinski definition) is 6. The fourth-order valence-electron chi connectivity index (χ4n) is 4.75. The quantitative estimate of drug-likeness (QED) is 0.711. The summed E-state index contributed by atoms with van der Waals surface area (Å²) in [4.78, 5) is 26.0. The molecular formula is C21H22F3N7O. The van der Waals surface area contributed by atoms with E-state index in [1.807, 2.05) is 15.9 Å². The number of fused-ring (bicyclic) bond motifs is 1. The van der Waals surface area contributed by atoms with Crippen LogP contribution in [0.3, 0.4) is 0 Å². The molecular weight excluding hydrogens is 423 g/mol. The molecule has 8 nitrogen and oxygen atoms in total. The van der Waals surface area contributed by atoms with Gasteiger partial charge in [-0.1, -0.05) is 12.1 Å². The van der Waals surface area contributed by atoms with Gasteiger partial charge >= 0.3 is 6.18 Å². The van der Waals surface area contributed by atoms with Crippen molar-refractivity contribution in [2.45, 2.75) is 25.7 Å². The van der Waals surface area contributed by atoms with Crippen LogP contribution in [0.2, 0.25) is 0 Å². The van der Waals surface area contributed by atoms with Crippen LogP contribution in [-0.4, -0.2) is 80.8 Å². The monoisotopic (exact) mass is 445 g/mol. The number of aliphatic imine (C=N–C) groups is 2. The molecule has 0 spiro atoms. The van der Waals surface area contributed by atoms with Crippen molar-refractivity contribution >= 4 is 17.5 Å². The fourth-order valence-corrected chi connectivity index (χ4v) is 4.75. The van der Waals surface area contributed by atoms with Crippen LogP contribution in [0, 0.1) is 11.8 Å². The van der Waals surface area contributed by atoms with Crippen LogP contribution in [0.5, 0.6) is 0 Å². The molecule has 1 aromatic heterocycles. The van der Waals surface area contributed by atoms with Gasteiger partial charge in [-0.2, -0.15) is 28.2 Å². The third kappa shape index (κ3) is 3.76. The molecule has 168 valence electrons. The molecule has 0 radical (unpaired) electrons. The molecule has 0 bridgehead atoms. The highest BCUT2D eigenvalue weighted by molar-refractivity contribution is 6.04. The van der Waals surface area contributed by atoms with Crippen LogP contribution < -0.4 is 0 Å². The maximum atomic E-state index is 13.3. The molecule has 1 aromatic carbocycles. The third-order valence-electron chi connectivity index (χ3n) is 6.23. The number of halogens is 3. The van der Waals surface area contributed by atoms with Gasteiger partial charge in [-0.05, 0) is 19.1 Å². The zero-order valence-corrected chi connectivity index (χ0v) is 17.4. The lowest BCUT2D eigenvalue weighted by Crippen LogP contribution is -2.40. The first-order valence-corrected chi connectivity index (χ1v) is 10.5. The van der Waals surface area contributed by atoms with Crippen molar-refractivity contribution < 1.29 is 18.0 Å².